The number of aromatic nitrogens is 3. The van der Waals surface area contributed by atoms with Crippen molar-refractivity contribution in [2.75, 3.05) is 11.4 Å². The number of fused-ring (bicyclic) bond motifs is 9. The predicted molar refractivity (Wildman–Crippen MR) is 141 cm³/mol. The van der Waals surface area contributed by atoms with Crippen molar-refractivity contribution in [3.05, 3.63) is 99.7 Å². The highest BCUT2D eigenvalue weighted by molar-refractivity contribution is 5.90. The lowest BCUT2D eigenvalue weighted by atomic mass is 9.64. The number of alkyl halides is 3. The first kappa shape index (κ1) is 25.0. The third-order valence-corrected chi connectivity index (χ3v) is 8.79. The normalized spacial score (nSPS) is 24.6. The van der Waals surface area contributed by atoms with Gasteiger partial charge in [-0.1, -0.05) is 31.2 Å². The van der Waals surface area contributed by atoms with Crippen LogP contribution in [0, 0.1) is 5.82 Å². The number of benzene rings is 1. The number of anilines is 1. The minimum Gasteiger partial charge on any atom is -0.376 e. The Hall–Kier alpha value is -3.95. The van der Waals surface area contributed by atoms with Gasteiger partial charge in [0.15, 0.2) is 11.6 Å². The van der Waals surface area contributed by atoms with Crippen LogP contribution >= 0.6 is 0 Å². The monoisotopic (exact) mass is 551 g/mol. The minimum absolute atomic E-state index is 0.145. The van der Waals surface area contributed by atoms with Gasteiger partial charge in [0.05, 0.1) is 28.1 Å². The molecular weight excluding hydrogens is 525 g/mol. The van der Waals surface area contributed by atoms with E-state index in [4.69, 9.17) is 5.10 Å². The molecule has 2 unspecified atom stereocenters. The molecule has 0 spiro atoms. The van der Waals surface area contributed by atoms with E-state index in [2.05, 4.69) is 16.4 Å². The zero-order valence-electron chi connectivity index (χ0n) is 22.1. The van der Waals surface area contributed by atoms with Crippen LogP contribution in [0.1, 0.15) is 54.4 Å². The summed E-state index contributed by atoms with van der Waals surface area (Å²) >= 11 is 0. The molecule has 1 N–H and O–H groups in total. The van der Waals surface area contributed by atoms with Gasteiger partial charge in [0.25, 0.3) is 0 Å². The second-order valence-electron chi connectivity index (χ2n) is 11.1. The quantitative estimate of drug-likeness (QED) is 0.379. The number of hydrogen-bond donors (Lipinski definition) is 1. The van der Waals surface area contributed by atoms with Gasteiger partial charge in [-0.3, -0.25) is 0 Å². The van der Waals surface area contributed by atoms with Gasteiger partial charge < -0.3 is 10.2 Å². The predicted octanol–water partition coefficient (Wildman–Crippen LogP) is 6.32. The fraction of sp³-hybridized carbons (Fsp3) is 0.333. The Balaban J connectivity index is 1.44. The molecule has 7 rings (SSSR count). The summed E-state index contributed by atoms with van der Waals surface area (Å²) in [6, 6.07) is 6.37. The number of para-hydroxylation sites is 1. The summed E-state index contributed by atoms with van der Waals surface area (Å²) < 4.78 is 73.0. The van der Waals surface area contributed by atoms with E-state index in [1.54, 1.807) is 11.1 Å². The van der Waals surface area contributed by atoms with Crippen LogP contribution in [0.4, 0.5) is 27.8 Å². The molecule has 1 aromatic carbocycles. The molecule has 206 valence electrons. The van der Waals surface area contributed by atoms with Crippen LogP contribution in [0.3, 0.4) is 0 Å². The molecule has 3 aliphatic heterocycles. The SMILES string of the molecule is CCc1cccc2c1-n1nc3c(c1C1(C)C=C4C=CNC4(C)C(F)=C21)CN(c1ncc(C(F)(F)F)cc1F)CC3. The van der Waals surface area contributed by atoms with Gasteiger partial charge in [-0.25, -0.2) is 18.4 Å². The lowest BCUT2D eigenvalue weighted by molar-refractivity contribution is -0.138. The van der Waals surface area contributed by atoms with Crippen molar-refractivity contribution < 1.29 is 22.0 Å². The zero-order chi connectivity index (χ0) is 28.2. The smallest absolute Gasteiger partial charge is 0.376 e. The maximum Gasteiger partial charge on any atom is 0.417 e. The van der Waals surface area contributed by atoms with E-state index in [0.717, 1.165) is 39.3 Å². The number of aryl methyl sites for hydroxylation is 1. The molecule has 3 aromatic rings. The summed E-state index contributed by atoms with van der Waals surface area (Å²) in [5, 5.41) is 8.20. The van der Waals surface area contributed by atoms with Crippen LogP contribution in [0.15, 0.2) is 60.2 Å². The Morgan fingerprint density at radius 3 is 2.67 bits per heavy atom. The van der Waals surface area contributed by atoms with Crippen LogP contribution < -0.4 is 10.2 Å². The van der Waals surface area contributed by atoms with Gasteiger partial charge in [0.2, 0.25) is 0 Å². The number of hydrogen-bond acceptors (Lipinski definition) is 4. The van der Waals surface area contributed by atoms with E-state index < -0.39 is 28.5 Å². The van der Waals surface area contributed by atoms with Crippen molar-refractivity contribution in [3.8, 4) is 5.69 Å². The number of nitrogens with zero attached hydrogens (tertiary/aromatic N) is 4. The minimum atomic E-state index is -4.69. The molecule has 5 heterocycles. The summed E-state index contributed by atoms with van der Waals surface area (Å²) in [5.41, 5.74) is 3.38. The van der Waals surface area contributed by atoms with Crippen molar-refractivity contribution >= 4 is 11.4 Å². The maximum absolute atomic E-state index is 16.7. The van der Waals surface area contributed by atoms with Gasteiger partial charge in [0.1, 0.15) is 11.4 Å². The summed E-state index contributed by atoms with van der Waals surface area (Å²) in [6.45, 7) is 6.36. The molecule has 0 amide bonds. The highest BCUT2D eigenvalue weighted by Gasteiger charge is 2.53. The standard InChI is InChI=1S/C30H26F5N5/c1-4-16-6-5-7-19-23-25(32)29(3)17(8-10-37-29)13-28(23,2)26-20-15-39(11-9-22(20)38-40(26)24(16)19)27-21(31)12-18(14-36-27)30(33,34)35/h5-8,10,12-14,37H,4,9,11,15H2,1-3H3. The number of nitrogens with one attached hydrogen (secondary N) is 1. The molecule has 4 aliphatic rings. The van der Waals surface area contributed by atoms with E-state index in [0.29, 0.717) is 37.2 Å². The molecule has 0 radical (unpaired) electrons. The highest BCUT2D eigenvalue weighted by atomic mass is 19.4. The molecular formula is C30H26F5N5. The summed E-state index contributed by atoms with van der Waals surface area (Å²) in [4.78, 5) is 5.51. The van der Waals surface area contributed by atoms with Crippen LogP contribution in [0.5, 0.6) is 0 Å². The van der Waals surface area contributed by atoms with E-state index >= 15 is 4.39 Å². The third kappa shape index (κ3) is 3.19. The average Bonchev–Trinajstić information content (AvgIpc) is 3.48. The Bertz CT molecular complexity index is 1700. The molecule has 2 aromatic heterocycles. The first-order chi connectivity index (χ1) is 19.0. The first-order valence-corrected chi connectivity index (χ1v) is 13.3. The summed E-state index contributed by atoms with van der Waals surface area (Å²) in [5.74, 6) is -1.45. The Kier molecular flexibility index (Phi) is 5.04. The van der Waals surface area contributed by atoms with Crippen molar-refractivity contribution in [2.24, 2.45) is 0 Å². The van der Waals surface area contributed by atoms with Crippen LogP contribution in [-0.4, -0.2) is 26.8 Å². The maximum atomic E-state index is 16.7. The third-order valence-electron chi connectivity index (χ3n) is 8.79. The number of allylic oxidation sites excluding steroid dienone is 2. The highest BCUT2D eigenvalue weighted by Crippen LogP contribution is 2.57. The Labute approximate surface area is 227 Å². The second kappa shape index (κ2) is 8.05. The second-order valence-corrected chi connectivity index (χ2v) is 11.1. The number of pyridine rings is 1. The molecule has 40 heavy (non-hydrogen) atoms. The Morgan fingerprint density at radius 1 is 1.15 bits per heavy atom. The molecule has 0 saturated heterocycles. The van der Waals surface area contributed by atoms with Crippen molar-refractivity contribution in [2.45, 2.75) is 57.3 Å². The largest absolute Gasteiger partial charge is 0.417 e. The molecule has 5 nitrogen and oxygen atoms in total. The molecule has 0 saturated carbocycles. The average molecular weight is 552 g/mol. The van der Waals surface area contributed by atoms with Gasteiger partial charge in [0, 0.05) is 42.4 Å². The Morgan fingerprint density at radius 2 is 1.95 bits per heavy atom. The van der Waals surface area contributed by atoms with Crippen molar-refractivity contribution in [1.29, 1.82) is 0 Å². The fourth-order valence-electron chi connectivity index (χ4n) is 6.77. The fourth-order valence-corrected chi connectivity index (χ4v) is 6.77. The summed E-state index contributed by atoms with van der Waals surface area (Å²) in [7, 11) is 0. The molecule has 2 atom stereocenters. The van der Waals surface area contributed by atoms with Crippen molar-refractivity contribution in [3.63, 3.8) is 0 Å². The van der Waals surface area contributed by atoms with Crippen LogP contribution in [-0.2, 0) is 31.0 Å². The van der Waals surface area contributed by atoms with Crippen molar-refractivity contribution in [1.82, 2.24) is 20.1 Å². The van der Waals surface area contributed by atoms with E-state index in [9.17, 15) is 17.6 Å². The lowest BCUT2D eigenvalue weighted by Crippen LogP contribution is -2.46. The number of halogens is 5. The van der Waals surface area contributed by atoms with Crippen LogP contribution in [0.25, 0.3) is 11.3 Å². The van der Waals surface area contributed by atoms with Gasteiger partial charge >= 0.3 is 6.18 Å². The van der Waals surface area contributed by atoms with E-state index in [-0.39, 0.29) is 18.2 Å². The summed E-state index contributed by atoms with van der Waals surface area (Å²) in [6.07, 6.45) is 2.83. The lowest BCUT2D eigenvalue weighted by Gasteiger charge is -2.44. The zero-order valence-corrected chi connectivity index (χ0v) is 22.1. The molecule has 1 aliphatic carbocycles. The first-order valence-electron chi connectivity index (χ1n) is 13.3. The van der Waals surface area contributed by atoms with E-state index in [1.807, 2.05) is 49.7 Å². The van der Waals surface area contributed by atoms with Crippen LogP contribution in [0.2, 0.25) is 0 Å². The molecule has 0 bridgehead atoms. The van der Waals surface area contributed by atoms with Gasteiger partial charge in [-0.2, -0.15) is 18.3 Å². The van der Waals surface area contributed by atoms with Gasteiger partial charge in [-0.05, 0) is 49.7 Å². The number of rotatable bonds is 2. The van der Waals surface area contributed by atoms with Gasteiger partial charge in [-0.15, -0.1) is 0 Å². The van der Waals surface area contributed by atoms with E-state index in [1.165, 1.54) is 0 Å². The molecule has 10 heteroatoms. The topological polar surface area (TPSA) is 46.0 Å². The molecule has 0 fully saturated rings.